The first-order valence-electron chi connectivity index (χ1n) is 1.98. The molecule has 0 bridgehead atoms. The number of hydrogen-bond acceptors (Lipinski definition) is 0. The summed E-state index contributed by atoms with van der Waals surface area (Å²) in [7, 11) is 1.91. The third-order valence-electron chi connectivity index (χ3n) is 0.723. The van der Waals surface area contributed by atoms with E-state index in [1.807, 2.05) is 11.6 Å². The number of nitrogens with zero attached hydrogens (tertiary/aromatic N) is 1. The average Bonchev–Trinajstić information content (AvgIpc) is 1.87. The van der Waals surface area contributed by atoms with Crippen LogP contribution in [0.3, 0.4) is 0 Å². The lowest BCUT2D eigenvalue weighted by molar-refractivity contribution is 0.927. The molecule has 0 aliphatic rings. The van der Waals surface area contributed by atoms with Crippen LogP contribution in [0.25, 0.3) is 0 Å². The molecule has 0 saturated heterocycles. The standard InChI is InChI=1S/C5H5ClN/c1-7-3-2-5(6)4-7/h3-4H,1H3. The highest BCUT2D eigenvalue weighted by Crippen LogP contribution is 2.03. The molecule has 0 amide bonds. The molecule has 0 aromatic carbocycles. The molecule has 1 radical (unpaired) electrons. The molecule has 2 heteroatoms. The first-order chi connectivity index (χ1) is 3.29. The first-order valence-corrected chi connectivity index (χ1v) is 2.36. The third kappa shape index (κ3) is 0.967. The maximum Gasteiger partial charge on any atom is 0.0662 e. The molecule has 37 valence electrons. The van der Waals surface area contributed by atoms with Crippen molar-refractivity contribution in [1.82, 2.24) is 4.57 Å². The number of hydrogen-bond donors (Lipinski definition) is 0. The van der Waals surface area contributed by atoms with Gasteiger partial charge in [0.05, 0.1) is 5.02 Å². The van der Waals surface area contributed by atoms with Gasteiger partial charge in [0.15, 0.2) is 0 Å². The summed E-state index contributed by atoms with van der Waals surface area (Å²) in [6.45, 7) is 0. The van der Waals surface area contributed by atoms with Gasteiger partial charge in [-0.2, -0.15) is 0 Å². The number of aromatic nitrogens is 1. The van der Waals surface area contributed by atoms with Crippen LogP contribution in [-0.2, 0) is 7.05 Å². The minimum Gasteiger partial charge on any atom is -0.355 e. The SMILES string of the molecule is Cn1c[c]c(Cl)c1. The van der Waals surface area contributed by atoms with E-state index in [0.717, 1.165) is 0 Å². The first kappa shape index (κ1) is 4.72. The summed E-state index contributed by atoms with van der Waals surface area (Å²) < 4.78 is 1.85. The number of aryl methyl sites for hydroxylation is 1. The lowest BCUT2D eigenvalue weighted by atomic mass is 10.7. The zero-order valence-corrected chi connectivity index (χ0v) is 4.74. The second-order valence-corrected chi connectivity index (χ2v) is 1.82. The van der Waals surface area contributed by atoms with Crippen molar-refractivity contribution in [3.63, 3.8) is 0 Å². The molecule has 1 nitrogen and oxygen atoms in total. The monoisotopic (exact) mass is 114 g/mol. The van der Waals surface area contributed by atoms with Gasteiger partial charge in [-0.3, -0.25) is 0 Å². The molecule has 0 atom stereocenters. The lowest BCUT2D eigenvalue weighted by Crippen LogP contribution is -1.75. The van der Waals surface area contributed by atoms with Crippen LogP contribution < -0.4 is 0 Å². The van der Waals surface area contributed by atoms with E-state index in [0.29, 0.717) is 5.02 Å². The van der Waals surface area contributed by atoms with Crippen LogP contribution in [0.2, 0.25) is 5.02 Å². The molecule has 0 fully saturated rings. The second-order valence-electron chi connectivity index (χ2n) is 1.42. The zero-order valence-electron chi connectivity index (χ0n) is 3.98. The van der Waals surface area contributed by atoms with Crippen LogP contribution in [0.1, 0.15) is 0 Å². The molecule has 1 aromatic rings. The van der Waals surface area contributed by atoms with Crippen LogP contribution in [0.4, 0.5) is 0 Å². The van der Waals surface area contributed by atoms with Crippen LogP contribution in [0.15, 0.2) is 12.4 Å². The van der Waals surface area contributed by atoms with Crippen LogP contribution in [-0.4, -0.2) is 4.57 Å². The molecule has 0 aliphatic carbocycles. The van der Waals surface area contributed by atoms with Crippen molar-refractivity contribution in [2.45, 2.75) is 0 Å². The fourth-order valence-corrected chi connectivity index (χ4v) is 0.620. The highest BCUT2D eigenvalue weighted by molar-refractivity contribution is 6.30. The zero-order chi connectivity index (χ0) is 5.28. The van der Waals surface area contributed by atoms with Gasteiger partial charge in [0.25, 0.3) is 0 Å². The second kappa shape index (κ2) is 1.58. The third-order valence-corrected chi connectivity index (χ3v) is 0.930. The Bertz CT molecular complexity index is 140. The summed E-state index contributed by atoms with van der Waals surface area (Å²) in [5.41, 5.74) is 0. The van der Waals surface area contributed by atoms with E-state index >= 15 is 0 Å². The predicted molar refractivity (Wildman–Crippen MR) is 29.3 cm³/mol. The van der Waals surface area contributed by atoms with Crippen molar-refractivity contribution < 1.29 is 0 Å². The van der Waals surface area contributed by atoms with E-state index in [9.17, 15) is 0 Å². The largest absolute Gasteiger partial charge is 0.355 e. The molecule has 7 heavy (non-hydrogen) atoms. The van der Waals surface area contributed by atoms with Gasteiger partial charge in [0, 0.05) is 25.5 Å². The van der Waals surface area contributed by atoms with Gasteiger partial charge in [-0.1, -0.05) is 11.6 Å². The van der Waals surface area contributed by atoms with E-state index in [1.54, 1.807) is 12.4 Å². The molecule has 1 aromatic heterocycles. The van der Waals surface area contributed by atoms with E-state index in [4.69, 9.17) is 11.6 Å². The van der Waals surface area contributed by atoms with E-state index in [1.165, 1.54) is 0 Å². The average molecular weight is 115 g/mol. The van der Waals surface area contributed by atoms with Gasteiger partial charge < -0.3 is 4.57 Å². The summed E-state index contributed by atoms with van der Waals surface area (Å²) >= 11 is 5.48. The van der Waals surface area contributed by atoms with Gasteiger partial charge in [0.2, 0.25) is 0 Å². The Labute approximate surface area is 47.5 Å². The maximum atomic E-state index is 5.48. The summed E-state index contributed by atoms with van der Waals surface area (Å²) in [6.07, 6.45) is 3.57. The summed E-state index contributed by atoms with van der Waals surface area (Å²) in [4.78, 5) is 0. The Balaban J connectivity index is 3.04. The Morgan fingerprint density at radius 1 is 1.86 bits per heavy atom. The van der Waals surface area contributed by atoms with Crippen molar-refractivity contribution in [2.24, 2.45) is 7.05 Å². The lowest BCUT2D eigenvalue weighted by Gasteiger charge is -1.79. The molecule has 0 unspecified atom stereocenters. The normalized spacial score (nSPS) is 9.43. The Hall–Kier alpha value is -0.430. The number of rotatable bonds is 0. The quantitative estimate of drug-likeness (QED) is 0.482. The van der Waals surface area contributed by atoms with Crippen molar-refractivity contribution >= 4 is 11.6 Å². The Morgan fingerprint density at radius 2 is 2.57 bits per heavy atom. The van der Waals surface area contributed by atoms with E-state index in [-0.39, 0.29) is 0 Å². The van der Waals surface area contributed by atoms with Crippen molar-refractivity contribution in [3.8, 4) is 0 Å². The van der Waals surface area contributed by atoms with Gasteiger partial charge >= 0.3 is 0 Å². The molecule has 0 aliphatic heterocycles. The van der Waals surface area contributed by atoms with Gasteiger partial charge in [-0.05, 0) is 0 Å². The minimum absolute atomic E-state index is 0.669. The van der Waals surface area contributed by atoms with Crippen molar-refractivity contribution in [2.75, 3.05) is 0 Å². The molecule has 0 spiro atoms. The molecular formula is C5H5ClN. The van der Waals surface area contributed by atoms with Crippen molar-refractivity contribution in [1.29, 1.82) is 0 Å². The smallest absolute Gasteiger partial charge is 0.0662 e. The van der Waals surface area contributed by atoms with Gasteiger partial charge in [-0.15, -0.1) is 0 Å². The number of halogens is 1. The fourth-order valence-electron chi connectivity index (χ4n) is 0.417. The van der Waals surface area contributed by atoms with Gasteiger partial charge in [-0.25, -0.2) is 0 Å². The Morgan fingerprint density at radius 3 is 2.71 bits per heavy atom. The molecule has 1 rings (SSSR count). The highest BCUT2D eigenvalue weighted by Gasteiger charge is 1.83. The summed E-state index contributed by atoms with van der Waals surface area (Å²) in [6, 6.07) is 2.80. The molecule has 1 heterocycles. The van der Waals surface area contributed by atoms with Crippen LogP contribution >= 0.6 is 11.6 Å². The predicted octanol–water partition coefficient (Wildman–Crippen LogP) is 1.48. The summed E-state index contributed by atoms with van der Waals surface area (Å²) in [5, 5.41) is 0.669. The minimum atomic E-state index is 0.669. The topological polar surface area (TPSA) is 4.93 Å². The Kier molecular flexibility index (Phi) is 1.07. The fraction of sp³-hybridized carbons (Fsp3) is 0.200. The van der Waals surface area contributed by atoms with Crippen molar-refractivity contribution in [3.05, 3.63) is 23.5 Å². The molecule has 0 N–H and O–H groups in total. The van der Waals surface area contributed by atoms with E-state index < -0.39 is 0 Å². The van der Waals surface area contributed by atoms with Gasteiger partial charge in [0.1, 0.15) is 0 Å². The summed E-state index contributed by atoms with van der Waals surface area (Å²) in [5.74, 6) is 0. The maximum absolute atomic E-state index is 5.48. The molecule has 0 saturated carbocycles. The van der Waals surface area contributed by atoms with Crippen LogP contribution in [0.5, 0.6) is 0 Å². The van der Waals surface area contributed by atoms with Crippen LogP contribution in [0, 0.1) is 6.07 Å². The molecular weight excluding hydrogens is 110 g/mol. The van der Waals surface area contributed by atoms with E-state index in [2.05, 4.69) is 6.07 Å². The highest BCUT2D eigenvalue weighted by atomic mass is 35.5.